The molecule has 0 aliphatic heterocycles. The first kappa shape index (κ1) is 21.6. The van der Waals surface area contributed by atoms with E-state index in [4.69, 9.17) is 9.47 Å². The molecule has 4 nitrogen and oxygen atoms in total. The molecule has 0 amide bonds. The van der Waals surface area contributed by atoms with E-state index in [-0.39, 0.29) is 23.7 Å². The Labute approximate surface area is 185 Å². The van der Waals surface area contributed by atoms with E-state index in [1.807, 2.05) is 76.3 Å². The molecule has 0 aromatic rings. The highest BCUT2D eigenvalue weighted by Crippen LogP contribution is 2.47. The van der Waals surface area contributed by atoms with Crippen LogP contribution in [0.1, 0.15) is 48.0 Å². The molecule has 4 aliphatic carbocycles. The molecule has 31 heavy (non-hydrogen) atoms. The Bertz CT molecular complexity index is 926. The molecular formula is C27H32O4. The predicted octanol–water partition coefficient (Wildman–Crippen LogP) is 5.40. The maximum Gasteiger partial charge on any atom is 0.336 e. The molecule has 0 aromatic carbocycles. The first-order chi connectivity index (χ1) is 14.6. The summed E-state index contributed by atoms with van der Waals surface area (Å²) in [5.74, 6) is -0.868. The normalized spacial score (nSPS) is 38.3. The Morgan fingerprint density at radius 3 is 1.58 bits per heavy atom. The fourth-order valence-electron chi connectivity index (χ4n) is 5.07. The number of carbonyl (C=O) groups excluding carboxylic acids is 2. The van der Waals surface area contributed by atoms with E-state index in [1.165, 1.54) is 0 Å². The van der Waals surface area contributed by atoms with E-state index < -0.39 is 23.1 Å². The molecule has 0 saturated heterocycles. The zero-order chi connectivity index (χ0) is 22.6. The SMILES string of the molecule is CC1=CC=CC(C)(OC(=O)C2=C(C(=O)OC3(C)C=CC=C(C)C3C)C3C=CC2C3)C1C. The molecule has 2 bridgehead atoms. The van der Waals surface area contributed by atoms with Crippen LogP contribution < -0.4 is 0 Å². The van der Waals surface area contributed by atoms with Crippen LogP contribution in [0, 0.1) is 23.7 Å². The fourth-order valence-corrected chi connectivity index (χ4v) is 5.07. The average molecular weight is 421 g/mol. The predicted molar refractivity (Wildman–Crippen MR) is 121 cm³/mol. The van der Waals surface area contributed by atoms with Crippen molar-refractivity contribution >= 4 is 11.9 Å². The van der Waals surface area contributed by atoms with Crippen molar-refractivity contribution in [2.24, 2.45) is 23.7 Å². The summed E-state index contributed by atoms with van der Waals surface area (Å²) in [6.45, 7) is 12.0. The number of fused-ring (bicyclic) bond motifs is 2. The highest BCUT2D eigenvalue weighted by Gasteiger charge is 2.47. The number of hydrogen-bond acceptors (Lipinski definition) is 4. The Kier molecular flexibility index (Phi) is 5.23. The molecule has 0 fully saturated rings. The van der Waals surface area contributed by atoms with Gasteiger partial charge in [-0.2, -0.15) is 0 Å². The van der Waals surface area contributed by atoms with Crippen LogP contribution in [0.5, 0.6) is 0 Å². The third-order valence-electron chi connectivity index (χ3n) is 7.84. The van der Waals surface area contributed by atoms with Crippen LogP contribution in [0.3, 0.4) is 0 Å². The lowest BCUT2D eigenvalue weighted by atomic mass is 9.81. The smallest absolute Gasteiger partial charge is 0.336 e. The quantitative estimate of drug-likeness (QED) is 0.452. The molecule has 4 aliphatic rings. The van der Waals surface area contributed by atoms with E-state index in [0.29, 0.717) is 11.1 Å². The molecule has 0 aromatic heterocycles. The van der Waals surface area contributed by atoms with Gasteiger partial charge in [-0.3, -0.25) is 0 Å². The van der Waals surface area contributed by atoms with Crippen molar-refractivity contribution in [3.05, 3.63) is 70.9 Å². The van der Waals surface area contributed by atoms with Gasteiger partial charge in [0.25, 0.3) is 0 Å². The van der Waals surface area contributed by atoms with Crippen molar-refractivity contribution in [1.82, 2.24) is 0 Å². The van der Waals surface area contributed by atoms with Gasteiger partial charge in [0.05, 0.1) is 11.1 Å². The van der Waals surface area contributed by atoms with Crippen molar-refractivity contribution in [2.75, 3.05) is 0 Å². The van der Waals surface area contributed by atoms with Crippen LogP contribution in [-0.2, 0) is 19.1 Å². The van der Waals surface area contributed by atoms with Crippen molar-refractivity contribution in [2.45, 2.75) is 59.2 Å². The number of esters is 2. The van der Waals surface area contributed by atoms with Crippen molar-refractivity contribution in [3.63, 3.8) is 0 Å². The van der Waals surface area contributed by atoms with Crippen molar-refractivity contribution < 1.29 is 19.1 Å². The number of ether oxygens (including phenoxy) is 2. The van der Waals surface area contributed by atoms with E-state index in [1.54, 1.807) is 0 Å². The van der Waals surface area contributed by atoms with Crippen LogP contribution in [0.2, 0.25) is 0 Å². The minimum atomic E-state index is -0.738. The third-order valence-corrected chi connectivity index (χ3v) is 7.84. The Morgan fingerprint density at radius 2 is 1.19 bits per heavy atom. The summed E-state index contributed by atoms with van der Waals surface area (Å²) in [5, 5.41) is 0. The van der Waals surface area contributed by atoms with Gasteiger partial charge >= 0.3 is 11.9 Å². The summed E-state index contributed by atoms with van der Waals surface area (Å²) >= 11 is 0. The second kappa shape index (κ2) is 7.51. The van der Waals surface area contributed by atoms with E-state index in [0.717, 1.165) is 17.6 Å². The standard InChI is InChI=1S/C27H32O4/c1-16-9-7-13-26(5,18(16)3)30-24(28)22-20-11-12-21(15-20)23(22)25(29)31-27(6)14-8-10-17(2)19(27)4/h7-14,18-21H,15H2,1-6H3. The topological polar surface area (TPSA) is 52.6 Å². The monoisotopic (exact) mass is 420 g/mol. The van der Waals surface area contributed by atoms with Gasteiger partial charge < -0.3 is 9.47 Å². The zero-order valence-electron chi connectivity index (χ0n) is 19.3. The van der Waals surface area contributed by atoms with Gasteiger partial charge in [0.15, 0.2) is 0 Å². The molecule has 0 radical (unpaired) electrons. The zero-order valence-corrected chi connectivity index (χ0v) is 19.3. The van der Waals surface area contributed by atoms with Crippen LogP contribution >= 0.6 is 0 Å². The molecule has 6 atom stereocenters. The maximum absolute atomic E-state index is 13.4. The lowest BCUT2D eigenvalue weighted by molar-refractivity contribution is -0.155. The highest BCUT2D eigenvalue weighted by atomic mass is 16.6. The van der Waals surface area contributed by atoms with E-state index in [9.17, 15) is 9.59 Å². The minimum Gasteiger partial charge on any atom is -0.451 e. The summed E-state index contributed by atoms with van der Waals surface area (Å²) in [5.41, 5.74) is 1.78. The Morgan fingerprint density at radius 1 is 0.806 bits per heavy atom. The summed E-state index contributed by atoms with van der Waals surface area (Å²) in [4.78, 5) is 26.7. The molecule has 4 rings (SSSR count). The molecule has 4 heteroatoms. The molecular weight excluding hydrogens is 388 g/mol. The highest BCUT2D eigenvalue weighted by molar-refractivity contribution is 6.03. The lowest BCUT2D eigenvalue weighted by Crippen LogP contribution is -2.40. The van der Waals surface area contributed by atoms with Gasteiger partial charge in [-0.25, -0.2) is 9.59 Å². The van der Waals surface area contributed by atoms with E-state index in [2.05, 4.69) is 13.8 Å². The van der Waals surface area contributed by atoms with Gasteiger partial charge in [0.1, 0.15) is 11.2 Å². The number of carbonyl (C=O) groups is 2. The van der Waals surface area contributed by atoms with Gasteiger partial charge in [0, 0.05) is 23.7 Å². The molecule has 164 valence electrons. The van der Waals surface area contributed by atoms with Crippen LogP contribution in [0.15, 0.2) is 70.9 Å². The third kappa shape index (κ3) is 3.56. The number of rotatable bonds is 4. The molecule has 6 unspecified atom stereocenters. The summed E-state index contributed by atoms with van der Waals surface area (Å²) < 4.78 is 12.1. The number of hydrogen-bond donors (Lipinski definition) is 0. The van der Waals surface area contributed by atoms with Crippen LogP contribution in [0.4, 0.5) is 0 Å². The summed E-state index contributed by atoms with van der Waals surface area (Å²) in [6, 6.07) is 0. The van der Waals surface area contributed by atoms with Crippen LogP contribution in [-0.4, -0.2) is 23.1 Å². The molecule has 0 spiro atoms. The first-order valence-corrected chi connectivity index (χ1v) is 11.2. The van der Waals surface area contributed by atoms with E-state index >= 15 is 0 Å². The van der Waals surface area contributed by atoms with Gasteiger partial charge in [-0.05, 0) is 46.3 Å². The molecule has 0 N–H and O–H groups in total. The minimum absolute atomic E-state index is 0.0634. The van der Waals surface area contributed by atoms with Gasteiger partial charge in [-0.1, -0.05) is 61.4 Å². The second-order valence-electron chi connectivity index (χ2n) is 9.79. The van der Waals surface area contributed by atoms with Crippen molar-refractivity contribution in [3.8, 4) is 0 Å². The first-order valence-electron chi connectivity index (χ1n) is 11.2. The molecule has 0 heterocycles. The van der Waals surface area contributed by atoms with Crippen LogP contribution in [0.25, 0.3) is 0 Å². The average Bonchev–Trinajstić information content (AvgIpc) is 3.32. The maximum atomic E-state index is 13.4. The number of allylic oxidation sites excluding steroid dienone is 6. The Hall–Kier alpha value is -2.62. The van der Waals surface area contributed by atoms with Gasteiger partial charge in [-0.15, -0.1) is 0 Å². The summed E-state index contributed by atoms with van der Waals surface area (Å²) in [7, 11) is 0. The Balaban J connectivity index is 1.61. The lowest BCUT2D eigenvalue weighted by Gasteiger charge is -2.36. The van der Waals surface area contributed by atoms with Crippen molar-refractivity contribution in [1.29, 1.82) is 0 Å². The van der Waals surface area contributed by atoms with Gasteiger partial charge in [0.2, 0.25) is 0 Å². The second-order valence-corrected chi connectivity index (χ2v) is 9.79. The fraction of sp³-hybridized carbons (Fsp3) is 0.481. The molecule has 0 saturated carbocycles. The largest absolute Gasteiger partial charge is 0.451 e. The summed E-state index contributed by atoms with van der Waals surface area (Å²) in [6.07, 6.45) is 16.6.